The van der Waals surface area contributed by atoms with Gasteiger partial charge in [-0.05, 0) is 19.8 Å². The number of hydrogen-bond acceptors (Lipinski definition) is 1. The van der Waals surface area contributed by atoms with Crippen LogP contribution in [0.15, 0.2) is 12.2 Å². The van der Waals surface area contributed by atoms with Crippen molar-refractivity contribution in [3.8, 4) is 0 Å². The van der Waals surface area contributed by atoms with Crippen LogP contribution in [-0.2, 0) is 0 Å². The maximum Gasteiger partial charge on any atom is 0.0827 e. The van der Waals surface area contributed by atoms with Gasteiger partial charge in [-0.3, -0.25) is 0 Å². The van der Waals surface area contributed by atoms with Crippen molar-refractivity contribution in [3.63, 3.8) is 0 Å². The molecule has 0 unspecified atom stereocenters. The maximum atomic E-state index is 10.5. The molecule has 1 N–H and O–H groups in total. The minimum absolute atomic E-state index is 0.511. The van der Waals surface area contributed by atoms with Crippen LogP contribution in [0.25, 0.3) is 0 Å². The first kappa shape index (κ1) is 14.8. The van der Waals surface area contributed by atoms with Crippen LogP contribution in [0, 0.1) is 0 Å². The van der Waals surface area contributed by atoms with E-state index in [-0.39, 0.29) is 0 Å². The first-order valence-electron chi connectivity index (χ1n) is 7.63. The monoisotopic (exact) mass is 238 g/mol. The Hall–Kier alpha value is -0.300. The van der Waals surface area contributed by atoms with Crippen LogP contribution < -0.4 is 0 Å². The summed E-state index contributed by atoms with van der Waals surface area (Å²) in [4.78, 5) is 0. The molecule has 0 radical (unpaired) electrons. The van der Waals surface area contributed by atoms with Crippen molar-refractivity contribution in [2.75, 3.05) is 0 Å². The molecule has 1 aliphatic carbocycles. The third kappa shape index (κ3) is 6.88. The summed E-state index contributed by atoms with van der Waals surface area (Å²) in [6.45, 7) is 2.01. The van der Waals surface area contributed by atoms with E-state index in [9.17, 15) is 5.11 Å². The van der Waals surface area contributed by atoms with Crippen molar-refractivity contribution >= 4 is 0 Å². The summed E-state index contributed by atoms with van der Waals surface area (Å²) in [6, 6.07) is 0. The second-order valence-corrected chi connectivity index (χ2v) is 5.64. The highest BCUT2D eigenvalue weighted by atomic mass is 16.3. The Kier molecular flexibility index (Phi) is 7.59. The van der Waals surface area contributed by atoms with Gasteiger partial charge in [-0.2, -0.15) is 0 Å². The lowest BCUT2D eigenvalue weighted by molar-refractivity contribution is 0.0663. The van der Waals surface area contributed by atoms with Gasteiger partial charge in [0.2, 0.25) is 0 Å². The predicted octanol–water partition coefficient (Wildman–Crippen LogP) is 4.99. The van der Waals surface area contributed by atoms with Crippen LogP contribution in [-0.4, -0.2) is 10.7 Å². The highest BCUT2D eigenvalue weighted by Gasteiger charge is 2.21. The van der Waals surface area contributed by atoms with Gasteiger partial charge in [-0.15, -0.1) is 0 Å². The van der Waals surface area contributed by atoms with E-state index in [0.717, 1.165) is 12.8 Å². The van der Waals surface area contributed by atoms with Gasteiger partial charge in [0.1, 0.15) is 0 Å². The second-order valence-electron chi connectivity index (χ2n) is 5.64. The van der Waals surface area contributed by atoms with Crippen molar-refractivity contribution < 1.29 is 5.11 Å². The van der Waals surface area contributed by atoms with E-state index in [1.54, 1.807) is 0 Å². The quantitative estimate of drug-likeness (QED) is 0.638. The fourth-order valence-corrected chi connectivity index (χ4v) is 2.88. The first-order chi connectivity index (χ1) is 8.27. The Bertz CT molecular complexity index is 194. The van der Waals surface area contributed by atoms with Gasteiger partial charge in [-0.1, -0.05) is 76.4 Å². The van der Waals surface area contributed by atoms with Crippen molar-refractivity contribution in [1.82, 2.24) is 0 Å². The van der Waals surface area contributed by atoms with E-state index >= 15 is 0 Å². The lowest BCUT2D eigenvalue weighted by Gasteiger charge is -2.24. The SMILES string of the molecule is CC=CC1(O)CCCCCCCCCCCC1. The van der Waals surface area contributed by atoms with E-state index < -0.39 is 5.60 Å². The molecule has 0 aliphatic heterocycles. The van der Waals surface area contributed by atoms with Gasteiger partial charge in [0.05, 0.1) is 5.60 Å². The molecule has 0 amide bonds. The molecular weight excluding hydrogens is 208 g/mol. The van der Waals surface area contributed by atoms with Gasteiger partial charge < -0.3 is 5.11 Å². The Labute approximate surface area is 107 Å². The predicted molar refractivity (Wildman–Crippen MR) is 75.2 cm³/mol. The highest BCUT2D eigenvalue weighted by Crippen LogP contribution is 2.25. The average Bonchev–Trinajstić information content (AvgIpc) is 2.32. The zero-order valence-corrected chi connectivity index (χ0v) is 11.6. The molecule has 1 heteroatoms. The Morgan fingerprint density at radius 1 is 0.706 bits per heavy atom. The van der Waals surface area contributed by atoms with Crippen LogP contribution in [0.4, 0.5) is 0 Å². The molecule has 0 atom stereocenters. The summed E-state index contributed by atoms with van der Waals surface area (Å²) in [5, 5.41) is 10.5. The molecule has 1 rings (SSSR count). The van der Waals surface area contributed by atoms with Crippen LogP contribution in [0.5, 0.6) is 0 Å². The average molecular weight is 238 g/mol. The van der Waals surface area contributed by atoms with Gasteiger partial charge in [0.15, 0.2) is 0 Å². The van der Waals surface area contributed by atoms with Crippen LogP contribution in [0.2, 0.25) is 0 Å². The molecule has 0 spiro atoms. The lowest BCUT2D eigenvalue weighted by Crippen LogP contribution is -2.25. The van der Waals surface area contributed by atoms with Crippen LogP contribution in [0.1, 0.15) is 84.0 Å². The molecule has 100 valence electrons. The summed E-state index contributed by atoms with van der Waals surface area (Å²) >= 11 is 0. The van der Waals surface area contributed by atoms with Crippen LogP contribution >= 0.6 is 0 Å². The van der Waals surface area contributed by atoms with Crippen molar-refractivity contribution in [2.24, 2.45) is 0 Å². The van der Waals surface area contributed by atoms with E-state index in [1.165, 1.54) is 64.2 Å². The molecule has 1 aliphatic rings. The first-order valence-corrected chi connectivity index (χ1v) is 7.63. The zero-order valence-electron chi connectivity index (χ0n) is 11.6. The van der Waals surface area contributed by atoms with Gasteiger partial charge in [0.25, 0.3) is 0 Å². The van der Waals surface area contributed by atoms with Gasteiger partial charge in [0, 0.05) is 0 Å². The van der Waals surface area contributed by atoms with Crippen molar-refractivity contribution in [2.45, 2.75) is 89.6 Å². The molecule has 0 aromatic heterocycles. The summed E-state index contributed by atoms with van der Waals surface area (Å²) in [5.74, 6) is 0. The zero-order chi connectivity index (χ0) is 12.4. The number of allylic oxidation sites excluding steroid dienone is 1. The van der Waals surface area contributed by atoms with Crippen molar-refractivity contribution in [1.29, 1.82) is 0 Å². The molecule has 0 bridgehead atoms. The fourth-order valence-electron chi connectivity index (χ4n) is 2.88. The molecule has 1 nitrogen and oxygen atoms in total. The number of hydrogen-bond donors (Lipinski definition) is 1. The Morgan fingerprint density at radius 3 is 1.41 bits per heavy atom. The lowest BCUT2D eigenvalue weighted by atomic mass is 9.89. The fraction of sp³-hybridized carbons (Fsp3) is 0.875. The van der Waals surface area contributed by atoms with Crippen molar-refractivity contribution in [3.05, 3.63) is 12.2 Å². The highest BCUT2D eigenvalue weighted by molar-refractivity contribution is 4.99. The standard InChI is InChI=1S/C16H30O/c1-2-13-16(17)14-11-9-7-5-3-4-6-8-10-12-15-16/h2,13,17H,3-12,14-15H2,1H3. The van der Waals surface area contributed by atoms with E-state index in [0.29, 0.717) is 0 Å². The van der Waals surface area contributed by atoms with Gasteiger partial charge >= 0.3 is 0 Å². The topological polar surface area (TPSA) is 20.2 Å². The molecule has 0 saturated heterocycles. The summed E-state index contributed by atoms with van der Waals surface area (Å²) in [7, 11) is 0. The molecule has 0 heterocycles. The van der Waals surface area contributed by atoms with E-state index in [4.69, 9.17) is 0 Å². The molecule has 17 heavy (non-hydrogen) atoms. The second kappa shape index (κ2) is 8.74. The Balaban J connectivity index is 2.41. The normalized spacial score (nSPS) is 24.8. The number of rotatable bonds is 1. The third-order valence-corrected chi connectivity index (χ3v) is 3.95. The molecule has 0 aromatic carbocycles. The smallest absolute Gasteiger partial charge is 0.0827 e. The van der Waals surface area contributed by atoms with E-state index in [1.807, 2.05) is 19.1 Å². The molecule has 1 fully saturated rings. The summed E-state index contributed by atoms with van der Waals surface area (Å²) in [5.41, 5.74) is -0.511. The largest absolute Gasteiger partial charge is 0.386 e. The Morgan fingerprint density at radius 2 is 1.06 bits per heavy atom. The minimum atomic E-state index is -0.511. The molecule has 0 aromatic rings. The molecular formula is C16H30O. The minimum Gasteiger partial charge on any atom is -0.386 e. The van der Waals surface area contributed by atoms with Gasteiger partial charge in [-0.25, -0.2) is 0 Å². The number of aliphatic hydroxyl groups is 1. The van der Waals surface area contributed by atoms with E-state index in [2.05, 4.69) is 0 Å². The summed E-state index contributed by atoms with van der Waals surface area (Å²) < 4.78 is 0. The molecule has 1 saturated carbocycles. The third-order valence-electron chi connectivity index (χ3n) is 3.95. The maximum absolute atomic E-state index is 10.5. The van der Waals surface area contributed by atoms with Crippen LogP contribution in [0.3, 0.4) is 0 Å². The summed E-state index contributed by atoms with van der Waals surface area (Å²) in [6.07, 6.45) is 19.2.